The Bertz CT molecular complexity index is 1180. The Morgan fingerprint density at radius 2 is 1.62 bits per heavy atom. The van der Waals surface area contributed by atoms with Crippen LogP contribution in [-0.4, -0.2) is 78.6 Å². The predicted molar refractivity (Wildman–Crippen MR) is 143 cm³/mol. The van der Waals surface area contributed by atoms with Crippen molar-refractivity contribution in [1.82, 2.24) is 15.1 Å². The first kappa shape index (κ1) is 26.7. The fraction of sp³-hybridized carbons (Fsp3) is 0.429. The quantitative estimate of drug-likeness (QED) is 0.600. The third kappa shape index (κ3) is 5.64. The van der Waals surface area contributed by atoms with E-state index in [-0.39, 0.29) is 42.0 Å². The molecule has 0 radical (unpaired) electrons. The van der Waals surface area contributed by atoms with Crippen LogP contribution in [0.3, 0.4) is 0 Å². The van der Waals surface area contributed by atoms with Crippen LogP contribution in [-0.2, 0) is 9.59 Å². The maximum absolute atomic E-state index is 13.7. The molecule has 2 aliphatic rings. The summed E-state index contributed by atoms with van der Waals surface area (Å²) in [4.78, 5) is 58.0. The Labute approximate surface area is 222 Å². The second-order valence-corrected chi connectivity index (χ2v) is 10.8. The lowest BCUT2D eigenvalue weighted by Gasteiger charge is -2.29. The van der Waals surface area contributed by atoms with Gasteiger partial charge in [-0.05, 0) is 67.3 Å². The third-order valence-corrected chi connectivity index (χ3v) is 7.27. The van der Waals surface area contributed by atoms with E-state index < -0.39 is 12.1 Å². The van der Waals surface area contributed by atoms with Gasteiger partial charge in [-0.2, -0.15) is 0 Å². The molecule has 196 valence electrons. The van der Waals surface area contributed by atoms with Crippen LogP contribution in [0.1, 0.15) is 47.4 Å². The van der Waals surface area contributed by atoms with E-state index in [2.05, 4.69) is 5.32 Å². The molecule has 2 aliphatic heterocycles. The molecule has 0 aliphatic carbocycles. The second-order valence-electron chi connectivity index (χ2n) is 10.3. The first-order chi connectivity index (χ1) is 17.6. The van der Waals surface area contributed by atoms with Gasteiger partial charge in [-0.1, -0.05) is 25.4 Å². The van der Waals surface area contributed by atoms with Crippen LogP contribution in [0.25, 0.3) is 0 Å². The number of fused-ring (bicyclic) bond motifs is 1. The van der Waals surface area contributed by atoms with Crippen molar-refractivity contribution in [3.8, 4) is 0 Å². The number of nitrogens with one attached hydrogen (secondary N) is 1. The van der Waals surface area contributed by atoms with E-state index in [1.165, 1.54) is 0 Å². The first-order valence-electron chi connectivity index (χ1n) is 12.5. The zero-order valence-electron chi connectivity index (χ0n) is 21.6. The smallest absolute Gasteiger partial charge is 0.254 e. The number of hydrogen-bond acceptors (Lipinski definition) is 5. The number of likely N-dealkylation sites (tertiary alicyclic amines) is 2. The minimum absolute atomic E-state index is 0.0417. The number of carbonyl (C=O) groups excluding carboxylic acids is 4. The van der Waals surface area contributed by atoms with Crippen molar-refractivity contribution < 1.29 is 19.2 Å². The molecule has 4 rings (SSSR count). The lowest BCUT2D eigenvalue weighted by atomic mass is 10.0. The first-order valence-corrected chi connectivity index (χ1v) is 12.9. The van der Waals surface area contributed by atoms with Crippen molar-refractivity contribution in [3.05, 3.63) is 64.7 Å². The van der Waals surface area contributed by atoms with Crippen molar-refractivity contribution in [2.24, 2.45) is 5.92 Å². The van der Waals surface area contributed by atoms with Gasteiger partial charge in [-0.25, -0.2) is 0 Å². The standard InChI is InChI=1S/C28H33ClN4O4/c1-17(2)15-22(30-26(35)18-7-11-21(12-8-18)31(3)4)28(37)32-14-13-23-25(32)24(34)16-33(23)27(36)19-5-9-20(29)10-6-19/h5-12,17,22-23,25H,13-16H2,1-4H3,(H,30,35)/t22-,23?,25?/m0/s1. The van der Waals surface area contributed by atoms with Crippen LogP contribution in [0, 0.1) is 5.92 Å². The highest BCUT2D eigenvalue weighted by molar-refractivity contribution is 6.30. The molecule has 0 saturated carbocycles. The van der Waals surface area contributed by atoms with Gasteiger partial charge in [-0.3, -0.25) is 19.2 Å². The van der Waals surface area contributed by atoms with E-state index in [0.717, 1.165) is 5.69 Å². The maximum Gasteiger partial charge on any atom is 0.254 e. The topological polar surface area (TPSA) is 90.0 Å². The number of amides is 3. The normalized spacial score (nSPS) is 19.7. The zero-order chi connectivity index (χ0) is 26.9. The monoisotopic (exact) mass is 524 g/mol. The average Bonchev–Trinajstić information content (AvgIpc) is 3.44. The minimum atomic E-state index is -0.770. The highest BCUT2D eigenvalue weighted by Gasteiger charge is 2.52. The lowest BCUT2D eigenvalue weighted by Crippen LogP contribution is -2.53. The summed E-state index contributed by atoms with van der Waals surface area (Å²) in [5.41, 5.74) is 1.88. The van der Waals surface area contributed by atoms with Crippen LogP contribution < -0.4 is 10.2 Å². The Balaban J connectivity index is 1.49. The van der Waals surface area contributed by atoms with Crippen molar-refractivity contribution in [2.75, 3.05) is 32.1 Å². The Hall–Kier alpha value is -3.39. The average molecular weight is 525 g/mol. The van der Waals surface area contributed by atoms with Crippen molar-refractivity contribution in [1.29, 1.82) is 0 Å². The number of Topliss-reactive ketones (excluding diaryl/α,β-unsaturated/α-hetero) is 1. The van der Waals surface area contributed by atoms with E-state index in [4.69, 9.17) is 11.6 Å². The van der Waals surface area contributed by atoms with Crippen LogP contribution >= 0.6 is 11.6 Å². The molecule has 37 heavy (non-hydrogen) atoms. The molecule has 3 amide bonds. The minimum Gasteiger partial charge on any atom is -0.378 e. The fourth-order valence-electron chi connectivity index (χ4n) is 5.14. The summed E-state index contributed by atoms with van der Waals surface area (Å²) in [5.74, 6) is -0.885. The molecule has 2 unspecified atom stereocenters. The summed E-state index contributed by atoms with van der Waals surface area (Å²) >= 11 is 5.95. The van der Waals surface area contributed by atoms with Crippen LogP contribution in [0.4, 0.5) is 5.69 Å². The number of benzene rings is 2. The largest absolute Gasteiger partial charge is 0.378 e. The number of rotatable bonds is 7. The third-order valence-electron chi connectivity index (χ3n) is 7.01. The number of carbonyl (C=O) groups is 4. The summed E-state index contributed by atoms with van der Waals surface area (Å²) < 4.78 is 0. The molecular weight excluding hydrogens is 492 g/mol. The molecule has 0 aromatic heterocycles. The van der Waals surface area contributed by atoms with Crippen molar-refractivity contribution in [3.63, 3.8) is 0 Å². The predicted octanol–water partition coefficient (Wildman–Crippen LogP) is 3.25. The fourth-order valence-corrected chi connectivity index (χ4v) is 5.27. The molecule has 1 N–H and O–H groups in total. The second kappa shape index (κ2) is 10.9. The van der Waals surface area contributed by atoms with E-state index in [1.54, 1.807) is 46.2 Å². The molecule has 2 aromatic rings. The highest BCUT2D eigenvalue weighted by atomic mass is 35.5. The number of hydrogen-bond donors (Lipinski definition) is 1. The number of anilines is 1. The van der Waals surface area contributed by atoms with E-state index in [1.807, 2.05) is 45.0 Å². The summed E-state index contributed by atoms with van der Waals surface area (Å²) in [5, 5.41) is 3.43. The highest BCUT2D eigenvalue weighted by Crippen LogP contribution is 2.32. The van der Waals surface area contributed by atoms with Gasteiger partial charge in [0, 0.05) is 42.5 Å². The summed E-state index contributed by atoms with van der Waals surface area (Å²) in [6.45, 7) is 4.28. The summed E-state index contributed by atoms with van der Waals surface area (Å²) in [6, 6.07) is 11.9. The molecule has 0 bridgehead atoms. The number of nitrogens with zero attached hydrogens (tertiary/aromatic N) is 3. The van der Waals surface area contributed by atoms with Gasteiger partial charge in [-0.15, -0.1) is 0 Å². The van der Waals surface area contributed by atoms with E-state index in [9.17, 15) is 19.2 Å². The molecule has 2 heterocycles. The zero-order valence-corrected chi connectivity index (χ0v) is 22.4. The van der Waals surface area contributed by atoms with Gasteiger partial charge in [0.2, 0.25) is 5.91 Å². The van der Waals surface area contributed by atoms with Crippen LogP contribution in [0.5, 0.6) is 0 Å². The molecule has 9 heteroatoms. The van der Waals surface area contributed by atoms with Crippen molar-refractivity contribution >= 4 is 40.8 Å². The lowest BCUT2D eigenvalue weighted by molar-refractivity contribution is -0.138. The van der Waals surface area contributed by atoms with Crippen LogP contribution in [0.15, 0.2) is 48.5 Å². The SMILES string of the molecule is CC(C)C[C@H](NC(=O)c1ccc(N(C)C)cc1)C(=O)N1CCC2C1C(=O)CN2C(=O)c1ccc(Cl)cc1. The summed E-state index contributed by atoms with van der Waals surface area (Å²) in [6.07, 6.45) is 0.950. The Kier molecular flexibility index (Phi) is 7.87. The van der Waals surface area contributed by atoms with Gasteiger partial charge in [0.05, 0.1) is 12.6 Å². The Morgan fingerprint density at radius 1 is 1.00 bits per heavy atom. The van der Waals surface area contributed by atoms with E-state index in [0.29, 0.717) is 35.5 Å². The van der Waals surface area contributed by atoms with Gasteiger partial charge in [0.25, 0.3) is 11.8 Å². The molecule has 2 fully saturated rings. The molecule has 2 saturated heterocycles. The van der Waals surface area contributed by atoms with Gasteiger partial charge >= 0.3 is 0 Å². The van der Waals surface area contributed by atoms with Gasteiger partial charge < -0.3 is 20.0 Å². The van der Waals surface area contributed by atoms with E-state index >= 15 is 0 Å². The maximum atomic E-state index is 13.7. The number of ketones is 1. The van der Waals surface area contributed by atoms with Crippen LogP contribution in [0.2, 0.25) is 5.02 Å². The molecular formula is C28H33ClN4O4. The summed E-state index contributed by atoms with van der Waals surface area (Å²) in [7, 11) is 3.84. The molecule has 8 nitrogen and oxygen atoms in total. The Morgan fingerprint density at radius 3 is 2.22 bits per heavy atom. The molecule has 3 atom stereocenters. The number of halogens is 1. The molecule has 2 aromatic carbocycles. The van der Waals surface area contributed by atoms with Crippen molar-refractivity contribution in [2.45, 2.75) is 44.8 Å². The van der Waals surface area contributed by atoms with Gasteiger partial charge in [0.1, 0.15) is 12.1 Å². The van der Waals surface area contributed by atoms with Gasteiger partial charge in [0.15, 0.2) is 5.78 Å². The molecule has 0 spiro atoms.